The maximum absolute atomic E-state index is 10.9. The largest absolute Gasteiger partial charge is 0.733 e. The van der Waals surface area contributed by atoms with Crippen LogP contribution in [0.25, 0.3) is 11.1 Å². The molecule has 0 spiro atoms. The highest BCUT2D eigenvalue weighted by Gasteiger charge is 2.06. The van der Waals surface area contributed by atoms with Crippen molar-refractivity contribution in [1.82, 2.24) is 9.78 Å². The molecular weight excluding hydrogens is 194 g/mol. The number of rotatable bonds is 2. The lowest BCUT2D eigenvalue weighted by molar-refractivity contribution is 0.297. The van der Waals surface area contributed by atoms with Gasteiger partial charge in [0, 0.05) is 24.4 Å². The molecule has 2 rings (SSSR count). The minimum Gasteiger partial charge on any atom is -0.733 e. The molecule has 0 aliphatic heterocycles. The zero-order chi connectivity index (χ0) is 10.8. The van der Waals surface area contributed by atoms with Crippen molar-refractivity contribution < 1.29 is 5.21 Å². The minimum atomic E-state index is -0.137. The molecule has 1 aromatic carbocycles. The first-order chi connectivity index (χ1) is 7.18. The predicted molar refractivity (Wildman–Crippen MR) is 56.3 cm³/mol. The second kappa shape index (κ2) is 3.72. The number of aryl methyl sites for hydroxylation is 1. The first-order valence-corrected chi connectivity index (χ1v) is 4.42. The zero-order valence-corrected chi connectivity index (χ0v) is 8.16. The number of anilines is 1. The van der Waals surface area contributed by atoms with E-state index in [2.05, 4.69) is 5.10 Å². The average molecular weight is 204 g/mol. The van der Waals surface area contributed by atoms with Gasteiger partial charge in [-0.3, -0.25) is 9.89 Å². The fourth-order valence-corrected chi connectivity index (χ4v) is 1.44. The van der Waals surface area contributed by atoms with E-state index < -0.39 is 0 Å². The van der Waals surface area contributed by atoms with Gasteiger partial charge in [-0.2, -0.15) is 5.10 Å². The molecule has 0 radical (unpaired) electrons. The van der Waals surface area contributed by atoms with E-state index >= 15 is 0 Å². The Bertz CT molecular complexity index is 465. The Morgan fingerprint density at radius 1 is 1.40 bits per heavy atom. The summed E-state index contributed by atoms with van der Waals surface area (Å²) in [6, 6.07) is 6.80. The van der Waals surface area contributed by atoms with Crippen molar-refractivity contribution in [2.24, 2.45) is 7.05 Å². The SMILES string of the molecule is Cn1cc(-c2ccccc2N([O-])O)cn1. The first kappa shape index (κ1) is 9.70. The molecule has 0 saturated heterocycles. The van der Waals surface area contributed by atoms with Crippen molar-refractivity contribution in [3.05, 3.63) is 41.9 Å². The monoisotopic (exact) mass is 204 g/mol. The maximum atomic E-state index is 10.9. The second-order valence-electron chi connectivity index (χ2n) is 3.19. The quantitative estimate of drug-likeness (QED) is 0.757. The molecule has 0 unspecified atom stereocenters. The molecule has 1 aromatic heterocycles. The van der Waals surface area contributed by atoms with Crippen LogP contribution in [-0.4, -0.2) is 15.0 Å². The van der Waals surface area contributed by atoms with E-state index in [1.807, 2.05) is 0 Å². The number of hydrogen-bond donors (Lipinski definition) is 1. The normalized spacial score (nSPS) is 10.3. The Balaban J connectivity index is 2.52. The molecule has 0 atom stereocenters. The number of aromatic nitrogens is 2. The van der Waals surface area contributed by atoms with Crippen LogP contribution in [0.4, 0.5) is 5.69 Å². The highest BCUT2D eigenvalue weighted by molar-refractivity contribution is 5.77. The first-order valence-electron chi connectivity index (χ1n) is 4.42. The lowest BCUT2D eigenvalue weighted by atomic mass is 10.1. The van der Waals surface area contributed by atoms with Gasteiger partial charge in [0.15, 0.2) is 0 Å². The number of benzene rings is 1. The average Bonchev–Trinajstić information content (AvgIpc) is 2.65. The van der Waals surface area contributed by atoms with Crippen molar-refractivity contribution in [3.63, 3.8) is 0 Å². The van der Waals surface area contributed by atoms with Gasteiger partial charge >= 0.3 is 0 Å². The molecular formula is C10H10N3O2-. The second-order valence-corrected chi connectivity index (χ2v) is 3.19. The summed E-state index contributed by atoms with van der Waals surface area (Å²) in [6.45, 7) is 0. The summed E-state index contributed by atoms with van der Waals surface area (Å²) in [4.78, 5) is 0. The molecule has 1 N–H and O–H groups in total. The third-order valence-electron chi connectivity index (χ3n) is 2.13. The predicted octanol–water partition coefficient (Wildman–Crippen LogP) is 1.78. The molecule has 0 amide bonds. The van der Waals surface area contributed by atoms with Crippen LogP contribution in [0, 0.1) is 5.21 Å². The van der Waals surface area contributed by atoms with Gasteiger partial charge in [-0.25, -0.2) is 0 Å². The summed E-state index contributed by atoms with van der Waals surface area (Å²) in [5.41, 5.74) is 1.66. The van der Waals surface area contributed by atoms with Crippen LogP contribution in [0.2, 0.25) is 0 Å². The molecule has 2 aromatic rings. The molecule has 0 saturated carbocycles. The highest BCUT2D eigenvalue weighted by atomic mass is 16.8. The van der Waals surface area contributed by atoms with Crippen molar-refractivity contribution in [2.45, 2.75) is 0 Å². The Morgan fingerprint density at radius 3 is 2.73 bits per heavy atom. The van der Waals surface area contributed by atoms with E-state index in [1.165, 1.54) is 0 Å². The molecule has 0 bridgehead atoms. The Morgan fingerprint density at radius 2 is 2.13 bits per heavy atom. The molecule has 0 aliphatic carbocycles. The van der Waals surface area contributed by atoms with Crippen LogP contribution >= 0.6 is 0 Å². The smallest absolute Gasteiger partial charge is 0.0588 e. The summed E-state index contributed by atoms with van der Waals surface area (Å²) in [7, 11) is 1.79. The van der Waals surface area contributed by atoms with Gasteiger partial charge in [0.1, 0.15) is 0 Å². The number of para-hydroxylation sites is 1. The molecule has 78 valence electrons. The lowest BCUT2D eigenvalue weighted by Crippen LogP contribution is -2.08. The fraction of sp³-hybridized carbons (Fsp3) is 0.100. The summed E-state index contributed by atoms with van der Waals surface area (Å²) in [5.74, 6) is 0. The number of hydrogen-bond acceptors (Lipinski definition) is 4. The van der Waals surface area contributed by atoms with Gasteiger partial charge in [-0.15, -0.1) is 0 Å². The third-order valence-corrected chi connectivity index (χ3v) is 2.13. The maximum Gasteiger partial charge on any atom is 0.0588 e. The standard InChI is InChI=1S/C10H10N3O2/c1-12-7-8(6-11-12)9-4-2-3-5-10(9)13(14)15/h2-7,14H,1H3/q-1. The zero-order valence-electron chi connectivity index (χ0n) is 8.16. The van der Waals surface area contributed by atoms with Gasteiger partial charge in [0.25, 0.3) is 0 Å². The van der Waals surface area contributed by atoms with E-state index in [0.29, 0.717) is 5.56 Å². The summed E-state index contributed by atoms with van der Waals surface area (Å²) in [6.07, 6.45) is 3.42. The van der Waals surface area contributed by atoms with Crippen LogP contribution in [0.5, 0.6) is 0 Å². The van der Waals surface area contributed by atoms with Crippen molar-refractivity contribution in [2.75, 3.05) is 5.23 Å². The van der Waals surface area contributed by atoms with Crippen LogP contribution in [0.1, 0.15) is 0 Å². The highest BCUT2D eigenvalue weighted by Crippen LogP contribution is 2.28. The van der Waals surface area contributed by atoms with Gasteiger partial charge in [-0.1, -0.05) is 18.2 Å². The van der Waals surface area contributed by atoms with Crippen LogP contribution in [0.15, 0.2) is 36.7 Å². The lowest BCUT2D eigenvalue weighted by Gasteiger charge is -2.24. The minimum absolute atomic E-state index is 0.137. The molecule has 0 fully saturated rings. The number of nitrogens with zero attached hydrogens (tertiary/aromatic N) is 3. The van der Waals surface area contributed by atoms with Gasteiger partial charge in [0.05, 0.1) is 11.9 Å². The molecule has 15 heavy (non-hydrogen) atoms. The molecule has 1 heterocycles. The van der Waals surface area contributed by atoms with Crippen molar-refractivity contribution >= 4 is 5.69 Å². The van der Waals surface area contributed by atoms with E-state index in [0.717, 1.165) is 5.56 Å². The Kier molecular flexibility index (Phi) is 2.40. The van der Waals surface area contributed by atoms with Crippen LogP contribution in [-0.2, 0) is 7.05 Å². The summed E-state index contributed by atoms with van der Waals surface area (Å²) >= 11 is 0. The third kappa shape index (κ3) is 1.83. The van der Waals surface area contributed by atoms with Gasteiger partial charge < -0.3 is 10.4 Å². The molecule has 5 nitrogen and oxygen atoms in total. The van der Waals surface area contributed by atoms with E-state index in [4.69, 9.17) is 5.21 Å². The van der Waals surface area contributed by atoms with E-state index in [9.17, 15) is 5.21 Å². The van der Waals surface area contributed by atoms with Crippen LogP contribution < -0.4 is 5.23 Å². The van der Waals surface area contributed by atoms with Crippen LogP contribution in [0.3, 0.4) is 0 Å². The topological polar surface area (TPSA) is 64.3 Å². The Labute approximate surface area is 86.7 Å². The van der Waals surface area contributed by atoms with Crippen molar-refractivity contribution in [3.8, 4) is 11.1 Å². The van der Waals surface area contributed by atoms with E-state index in [1.54, 1.807) is 48.4 Å². The van der Waals surface area contributed by atoms with Crippen molar-refractivity contribution in [1.29, 1.82) is 0 Å². The Hall–Kier alpha value is -1.85. The van der Waals surface area contributed by atoms with E-state index in [-0.39, 0.29) is 10.9 Å². The summed E-state index contributed by atoms with van der Waals surface area (Å²) < 4.78 is 1.64. The summed E-state index contributed by atoms with van der Waals surface area (Å²) in [5, 5.41) is 23.7. The van der Waals surface area contributed by atoms with Gasteiger partial charge in [-0.05, 0) is 6.07 Å². The van der Waals surface area contributed by atoms with Gasteiger partial charge in [0.2, 0.25) is 0 Å². The molecule has 0 aliphatic rings. The fourth-order valence-electron chi connectivity index (χ4n) is 1.44. The molecule has 5 heteroatoms.